The minimum absolute atomic E-state index is 1.17. The smallest absolute Gasteiger partial charge is 0.0541 e. The van der Waals surface area contributed by atoms with Gasteiger partial charge < -0.3 is 4.57 Å². The third kappa shape index (κ3) is 3.79. The summed E-state index contributed by atoms with van der Waals surface area (Å²) in [7, 11) is 0. The van der Waals surface area contributed by atoms with Crippen molar-refractivity contribution in [2.75, 3.05) is 0 Å². The highest BCUT2D eigenvalue weighted by molar-refractivity contribution is 6.17. The molecular weight excluding hydrogens is 518 g/mol. The molecule has 1 nitrogen and oxygen atoms in total. The molecule has 43 heavy (non-hydrogen) atoms. The van der Waals surface area contributed by atoms with Gasteiger partial charge in [0.1, 0.15) is 0 Å². The lowest BCUT2D eigenvalue weighted by molar-refractivity contribution is 1.18. The molecule has 1 heteroatoms. The van der Waals surface area contributed by atoms with E-state index in [4.69, 9.17) is 0 Å². The van der Waals surface area contributed by atoms with E-state index in [0.717, 1.165) is 0 Å². The van der Waals surface area contributed by atoms with E-state index in [1.807, 2.05) is 0 Å². The fraction of sp³-hybridized carbons (Fsp3) is 0. The molecule has 8 aromatic carbocycles. The summed E-state index contributed by atoms with van der Waals surface area (Å²) in [6.45, 7) is 0. The first kappa shape index (κ1) is 24.0. The maximum absolute atomic E-state index is 2.37. The van der Waals surface area contributed by atoms with Gasteiger partial charge in [-0.2, -0.15) is 0 Å². The van der Waals surface area contributed by atoms with Crippen LogP contribution in [-0.4, -0.2) is 4.57 Å². The average Bonchev–Trinajstić information content (AvgIpc) is 3.42. The number of nitrogens with zero attached hydrogens (tertiary/aromatic N) is 1. The lowest BCUT2D eigenvalue weighted by Gasteiger charge is -2.12. The predicted octanol–water partition coefficient (Wildman–Crippen LogP) is 11.6. The second kappa shape index (κ2) is 9.44. The quantitative estimate of drug-likeness (QED) is 0.195. The van der Waals surface area contributed by atoms with Crippen molar-refractivity contribution in [3.05, 3.63) is 164 Å². The lowest BCUT2D eigenvalue weighted by Crippen LogP contribution is -1.93. The van der Waals surface area contributed by atoms with Crippen molar-refractivity contribution in [2.45, 2.75) is 0 Å². The Bertz CT molecular complexity index is 2440. The third-order valence-electron chi connectivity index (χ3n) is 8.98. The minimum Gasteiger partial charge on any atom is -0.309 e. The van der Waals surface area contributed by atoms with Gasteiger partial charge in [0, 0.05) is 16.5 Å². The van der Waals surface area contributed by atoms with Crippen molar-refractivity contribution in [1.82, 2.24) is 4.57 Å². The summed E-state index contributed by atoms with van der Waals surface area (Å²) in [5, 5.41) is 10.3. The molecule has 9 aromatic rings. The number of rotatable bonds is 3. The molecule has 0 aliphatic heterocycles. The maximum atomic E-state index is 2.37. The summed E-state index contributed by atoms with van der Waals surface area (Å²) < 4.78 is 2.37. The number of hydrogen-bond acceptors (Lipinski definition) is 0. The number of aromatic nitrogens is 1. The standard InChI is InChI=1S/C42H27N/c1-2-11-35-29(8-1)20-25-37-36(35)24-21-30-16-17-33(27-40(30)37)32-10-7-9-31(26-32)28-18-22-34(23-19-28)43-41-14-5-3-12-38(41)39-13-4-6-15-42(39)43/h1-27H. The van der Waals surface area contributed by atoms with Crippen molar-refractivity contribution >= 4 is 54.1 Å². The number of para-hydroxylation sites is 2. The first-order valence-corrected chi connectivity index (χ1v) is 14.9. The average molecular weight is 546 g/mol. The van der Waals surface area contributed by atoms with Gasteiger partial charge in [0.15, 0.2) is 0 Å². The molecule has 0 spiro atoms. The Morgan fingerprint density at radius 2 is 0.791 bits per heavy atom. The highest BCUT2D eigenvalue weighted by Gasteiger charge is 2.12. The fourth-order valence-electron chi connectivity index (χ4n) is 6.88. The van der Waals surface area contributed by atoms with E-state index >= 15 is 0 Å². The molecule has 0 bridgehead atoms. The van der Waals surface area contributed by atoms with Crippen LogP contribution in [-0.2, 0) is 0 Å². The number of hydrogen-bond donors (Lipinski definition) is 0. The van der Waals surface area contributed by atoms with Gasteiger partial charge in [-0.05, 0) is 91.0 Å². The van der Waals surface area contributed by atoms with Gasteiger partial charge in [-0.1, -0.05) is 127 Å². The van der Waals surface area contributed by atoms with E-state index in [2.05, 4.69) is 168 Å². The van der Waals surface area contributed by atoms with Gasteiger partial charge in [0.2, 0.25) is 0 Å². The minimum atomic E-state index is 1.17. The summed E-state index contributed by atoms with van der Waals surface area (Å²) in [5.74, 6) is 0. The summed E-state index contributed by atoms with van der Waals surface area (Å²) in [6.07, 6.45) is 0. The van der Waals surface area contributed by atoms with Crippen LogP contribution in [0.1, 0.15) is 0 Å². The molecule has 0 N–H and O–H groups in total. The SMILES string of the molecule is c1cc(-c2ccc(-n3c4ccccc4c4ccccc43)cc2)cc(-c2ccc3ccc4c5ccccc5ccc4c3c2)c1. The van der Waals surface area contributed by atoms with Crippen LogP contribution in [0.3, 0.4) is 0 Å². The molecule has 0 unspecified atom stereocenters. The van der Waals surface area contributed by atoms with Crippen molar-refractivity contribution < 1.29 is 0 Å². The Balaban J connectivity index is 1.12. The Morgan fingerprint density at radius 3 is 1.51 bits per heavy atom. The normalized spacial score (nSPS) is 11.7. The molecule has 1 aromatic heterocycles. The van der Waals surface area contributed by atoms with Crippen LogP contribution < -0.4 is 0 Å². The first-order valence-electron chi connectivity index (χ1n) is 14.9. The molecule has 0 saturated carbocycles. The van der Waals surface area contributed by atoms with Gasteiger partial charge in [0.25, 0.3) is 0 Å². The summed E-state index contributed by atoms with van der Waals surface area (Å²) in [4.78, 5) is 0. The van der Waals surface area contributed by atoms with Crippen molar-refractivity contribution in [3.63, 3.8) is 0 Å². The molecule has 0 saturated heterocycles. The predicted molar refractivity (Wildman–Crippen MR) is 184 cm³/mol. The van der Waals surface area contributed by atoms with Crippen LogP contribution in [0.2, 0.25) is 0 Å². The van der Waals surface area contributed by atoms with Gasteiger partial charge in [-0.15, -0.1) is 0 Å². The van der Waals surface area contributed by atoms with E-state index in [1.165, 1.54) is 82.1 Å². The molecular formula is C42H27N. The third-order valence-corrected chi connectivity index (χ3v) is 8.98. The van der Waals surface area contributed by atoms with E-state index < -0.39 is 0 Å². The zero-order valence-corrected chi connectivity index (χ0v) is 23.5. The highest BCUT2D eigenvalue weighted by atomic mass is 15.0. The van der Waals surface area contributed by atoms with Gasteiger partial charge in [-0.3, -0.25) is 0 Å². The molecule has 200 valence electrons. The molecule has 0 fully saturated rings. The van der Waals surface area contributed by atoms with Crippen molar-refractivity contribution in [2.24, 2.45) is 0 Å². The topological polar surface area (TPSA) is 4.93 Å². The van der Waals surface area contributed by atoms with Crippen molar-refractivity contribution in [1.29, 1.82) is 0 Å². The van der Waals surface area contributed by atoms with E-state index in [1.54, 1.807) is 0 Å². The van der Waals surface area contributed by atoms with Crippen LogP contribution in [0.5, 0.6) is 0 Å². The Hall–Kier alpha value is -5.66. The Morgan fingerprint density at radius 1 is 0.279 bits per heavy atom. The van der Waals surface area contributed by atoms with Gasteiger partial charge >= 0.3 is 0 Å². The van der Waals surface area contributed by atoms with Crippen LogP contribution in [0.15, 0.2) is 164 Å². The summed E-state index contributed by atoms with van der Waals surface area (Å²) in [6, 6.07) is 59.8. The zero-order chi connectivity index (χ0) is 28.3. The fourth-order valence-corrected chi connectivity index (χ4v) is 6.88. The Labute approximate surface area is 249 Å². The van der Waals surface area contributed by atoms with Crippen LogP contribution in [0, 0.1) is 0 Å². The maximum Gasteiger partial charge on any atom is 0.0541 e. The van der Waals surface area contributed by atoms with Crippen LogP contribution in [0.4, 0.5) is 0 Å². The molecule has 0 aliphatic rings. The van der Waals surface area contributed by atoms with Crippen LogP contribution in [0.25, 0.3) is 82.1 Å². The highest BCUT2D eigenvalue weighted by Crippen LogP contribution is 2.36. The second-order valence-electron chi connectivity index (χ2n) is 11.4. The summed E-state index contributed by atoms with van der Waals surface area (Å²) >= 11 is 0. The molecule has 0 atom stereocenters. The molecule has 0 amide bonds. The van der Waals surface area contributed by atoms with Gasteiger partial charge in [0.05, 0.1) is 11.0 Å². The lowest BCUT2D eigenvalue weighted by atomic mass is 9.93. The molecule has 9 rings (SSSR count). The number of fused-ring (bicyclic) bond motifs is 8. The van der Waals surface area contributed by atoms with E-state index in [0.29, 0.717) is 0 Å². The van der Waals surface area contributed by atoms with Crippen molar-refractivity contribution in [3.8, 4) is 27.9 Å². The summed E-state index contributed by atoms with van der Waals surface area (Å²) in [5.41, 5.74) is 8.52. The van der Waals surface area contributed by atoms with Crippen LogP contribution >= 0.6 is 0 Å². The Kier molecular flexibility index (Phi) is 5.27. The molecule has 0 aliphatic carbocycles. The van der Waals surface area contributed by atoms with Gasteiger partial charge in [-0.25, -0.2) is 0 Å². The van der Waals surface area contributed by atoms with E-state index in [-0.39, 0.29) is 0 Å². The zero-order valence-electron chi connectivity index (χ0n) is 23.5. The molecule has 1 heterocycles. The largest absolute Gasteiger partial charge is 0.309 e. The first-order chi connectivity index (χ1) is 21.3. The monoisotopic (exact) mass is 545 g/mol. The molecule has 0 radical (unpaired) electrons. The number of benzene rings is 8. The van der Waals surface area contributed by atoms with E-state index in [9.17, 15) is 0 Å². The second-order valence-corrected chi connectivity index (χ2v) is 11.4.